The summed E-state index contributed by atoms with van der Waals surface area (Å²) in [7, 11) is 0. The highest BCUT2D eigenvalue weighted by molar-refractivity contribution is 5.93. The van der Waals surface area contributed by atoms with Crippen LogP contribution < -0.4 is 0 Å². The highest BCUT2D eigenvalue weighted by Gasteiger charge is 2.22. The van der Waals surface area contributed by atoms with E-state index in [2.05, 4.69) is 29.0 Å². The summed E-state index contributed by atoms with van der Waals surface area (Å²) in [4.78, 5) is 14.8. The fraction of sp³-hybridized carbons (Fsp3) is 0.227. The Labute approximate surface area is 159 Å². The van der Waals surface area contributed by atoms with Gasteiger partial charge in [0.2, 0.25) is 0 Å². The first-order valence-electron chi connectivity index (χ1n) is 9.03. The van der Waals surface area contributed by atoms with Crippen LogP contribution in [0.25, 0.3) is 5.69 Å². The first-order valence-corrected chi connectivity index (χ1v) is 9.03. The maximum atomic E-state index is 13.1. The molecular weight excluding hydrogens is 336 g/mol. The average Bonchev–Trinajstić information content (AvgIpc) is 3.07. The topological polar surface area (TPSA) is 51.0 Å². The zero-order valence-electron chi connectivity index (χ0n) is 15.8. The number of aryl methyl sites for hydroxylation is 1. The molecule has 1 aromatic heterocycles. The van der Waals surface area contributed by atoms with Crippen molar-refractivity contribution in [2.75, 3.05) is 13.1 Å². The smallest absolute Gasteiger partial charge is 0.276 e. The largest absolute Gasteiger partial charge is 0.333 e. The minimum Gasteiger partial charge on any atom is -0.333 e. The van der Waals surface area contributed by atoms with E-state index in [1.54, 1.807) is 15.7 Å². The molecular formula is C22H24N4O. The van der Waals surface area contributed by atoms with E-state index in [1.165, 1.54) is 5.56 Å². The summed E-state index contributed by atoms with van der Waals surface area (Å²) in [5.41, 5.74) is 4.34. The second-order valence-electron chi connectivity index (χ2n) is 6.55. The highest BCUT2D eigenvalue weighted by Crippen LogP contribution is 2.15. The number of amides is 1. The van der Waals surface area contributed by atoms with E-state index in [1.807, 2.05) is 56.3 Å². The average molecular weight is 360 g/mol. The molecule has 3 rings (SSSR count). The van der Waals surface area contributed by atoms with E-state index in [9.17, 15) is 4.79 Å². The molecule has 0 bridgehead atoms. The lowest BCUT2D eigenvalue weighted by Crippen LogP contribution is -2.33. The van der Waals surface area contributed by atoms with E-state index >= 15 is 0 Å². The van der Waals surface area contributed by atoms with Gasteiger partial charge >= 0.3 is 0 Å². The number of hydrogen-bond donors (Lipinski definition) is 0. The van der Waals surface area contributed by atoms with Crippen LogP contribution in [-0.2, 0) is 6.42 Å². The Morgan fingerprint density at radius 3 is 2.63 bits per heavy atom. The summed E-state index contributed by atoms with van der Waals surface area (Å²) in [5.74, 6) is -0.123. The van der Waals surface area contributed by atoms with Crippen LogP contribution in [0.4, 0.5) is 0 Å². The van der Waals surface area contributed by atoms with Crippen LogP contribution in [0, 0.1) is 13.8 Å². The summed E-state index contributed by atoms with van der Waals surface area (Å²) in [6.07, 6.45) is 2.52. The summed E-state index contributed by atoms with van der Waals surface area (Å²) in [6.45, 7) is 8.76. The second kappa shape index (κ2) is 8.45. The van der Waals surface area contributed by atoms with E-state index < -0.39 is 0 Å². The van der Waals surface area contributed by atoms with Gasteiger partial charge in [-0.2, -0.15) is 0 Å². The number of carbonyl (C=O) groups is 1. The van der Waals surface area contributed by atoms with Gasteiger partial charge in [0, 0.05) is 13.1 Å². The molecule has 0 unspecified atom stereocenters. The van der Waals surface area contributed by atoms with Gasteiger partial charge in [-0.05, 0) is 43.5 Å². The minimum absolute atomic E-state index is 0.123. The lowest BCUT2D eigenvalue weighted by atomic mass is 10.1. The molecule has 5 nitrogen and oxygen atoms in total. The molecule has 0 atom stereocenters. The molecule has 1 amide bonds. The molecule has 0 spiro atoms. The van der Waals surface area contributed by atoms with E-state index in [0.29, 0.717) is 18.8 Å². The van der Waals surface area contributed by atoms with E-state index in [0.717, 1.165) is 23.4 Å². The predicted octanol–water partition coefficient (Wildman–Crippen LogP) is 3.76. The molecule has 0 N–H and O–H groups in total. The molecule has 0 aliphatic carbocycles. The number of carbonyl (C=O) groups excluding carboxylic acids is 1. The molecule has 0 saturated carbocycles. The molecule has 5 heteroatoms. The van der Waals surface area contributed by atoms with Gasteiger partial charge in [0.15, 0.2) is 5.69 Å². The van der Waals surface area contributed by atoms with Gasteiger partial charge < -0.3 is 4.90 Å². The third kappa shape index (κ3) is 4.31. The van der Waals surface area contributed by atoms with Crippen molar-refractivity contribution in [2.45, 2.75) is 20.3 Å². The Bertz CT molecular complexity index is 930. The second-order valence-corrected chi connectivity index (χ2v) is 6.55. The van der Waals surface area contributed by atoms with E-state index in [4.69, 9.17) is 0 Å². The standard InChI is InChI=1S/C22H24N4O/c1-4-14-25(15-13-19-10-6-5-7-11-19)22(27)21-18(3)26(24-23-21)20-12-8-9-17(2)16-20/h4-12,16H,1,13-15H2,2-3H3. The molecule has 0 saturated heterocycles. The highest BCUT2D eigenvalue weighted by atomic mass is 16.2. The van der Waals surface area contributed by atoms with Crippen molar-refractivity contribution in [1.29, 1.82) is 0 Å². The third-order valence-corrected chi connectivity index (χ3v) is 4.49. The summed E-state index contributed by atoms with van der Waals surface area (Å²) in [6, 6.07) is 18.1. The number of rotatable bonds is 7. The molecule has 3 aromatic rings. The van der Waals surface area contributed by atoms with E-state index in [-0.39, 0.29) is 5.91 Å². The fourth-order valence-electron chi connectivity index (χ4n) is 3.02. The molecule has 0 aliphatic heterocycles. The third-order valence-electron chi connectivity index (χ3n) is 4.49. The van der Waals surface area contributed by atoms with Crippen molar-refractivity contribution in [1.82, 2.24) is 19.9 Å². The van der Waals surface area contributed by atoms with Crippen molar-refractivity contribution in [2.24, 2.45) is 0 Å². The molecule has 2 aromatic carbocycles. The van der Waals surface area contributed by atoms with Crippen molar-refractivity contribution in [3.05, 3.63) is 89.8 Å². The van der Waals surface area contributed by atoms with Crippen LogP contribution in [0.2, 0.25) is 0 Å². The van der Waals surface area contributed by atoms with Gasteiger partial charge in [0.05, 0.1) is 11.4 Å². The lowest BCUT2D eigenvalue weighted by Gasteiger charge is -2.20. The Hall–Kier alpha value is -3.21. The van der Waals surface area contributed by atoms with Crippen molar-refractivity contribution in [3.8, 4) is 5.69 Å². The van der Waals surface area contributed by atoms with Gasteiger partial charge in [-0.1, -0.05) is 53.8 Å². The maximum absolute atomic E-state index is 13.1. The SMILES string of the molecule is C=CCN(CCc1ccccc1)C(=O)c1nnn(-c2cccc(C)c2)c1C. The Morgan fingerprint density at radius 1 is 1.15 bits per heavy atom. The zero-order chi connectivity index (χ0) is 19.2. The van der Waals surface area contributed by atoms with Crippen LogP contribution in [0.5, 0.6) is 0 Å². The minimum atomic E-state index is -0.123. The van der Waals surface area contributed by atoms with Crippen molar-refractivity contribution >= 4 is 5.91 Å². The summed E-state index contributed by atoms with van der Waals surface area (Å²) < 4.78 is 1.71. The first kappa shape index (κ1) is 18.6. The first-order chi connectivity index (χ1) is 13.1. The van der Waals surface area contributed by atoms with Gasteiger partial charge in [-0.15, -0.1) is 11.7 Å². The molecule has 27 heavy (non-hydrogen) atoms. The number of nitrogens with zero attached hydrogens (tertiary/aromatic N) is 4. The number of hydrogen-bond acceptors (Lipinski definition) is 3. The molecule has 138 valence electrons. The quantitative estimate of drug-likeness (QED) is 0.603. The Kier molecular flexibility index (Phi) is 5.81. The molecule has 0 fully saturated rings. The summed E-state index contributed by atoms with van der Waals surface area (Å²) in [5, 5.41) is 8.37. The Morgan fingerprint density at radius 2 is 1.93 bits per heavy atom. The normalized spacial score (nSPS) is 10.6. The molecule has 1 heterocycles. The Balaban J connectivity index is 1.81. The summed E-state index contributed by atoms with van der Waals surface area (Å²) >= 11 is 0. The van der Waals surface area contributed by atoms with Crippen molar-refractivity contribution in [3.63, 3.8) is 0 Å². The van der Waals surface area contributed by atoms with Crippen LogP contribution in [-0.4, -0.2) is 38.9 Å². The predicted molar refractivity (Wildman–Crippen MR) is 107 cm³/mol. The zero-order valence-corrected chi connectivity index (χ0v) is 15.8. The van der Waals surface area contributed by atoms with Crippen LogP contribution in [0.15, 0.2) is 67.3 Å². The van der Waals surface area contributed by atoms with Crippen molar-refractivity contribution < 1.29 is 4.79 Å². The van der Waals surface area contributed by atoms with Gasteiger partial charge in [-0.25, -0.2) is 4.68 Å². The molecule has 0 radical (unpaired) electrons. The van der Waals surface area contributed by atoms with Crippen LogP contribution in [0.3, 0.4) is 0 Å². The monoisotopic (exact) mass is 360 g/mol. The van der Waals surface area contributed by atoms with Gasteiger partial charge in [0.25, 0.3) is 5.91 Å². The van der Waals surface area contributed by atoms with Crippen LogP contribution >= 0.6 is 0 Å². The maximum Gasteiger partial charge on any atom is 0.276 e. The fourth-order valence-corrected chi connectivity index (χ4v) is 3.02. The number of aromatic nitrogens is 3. The van der Waals surface area contributed by atoms with Crippen LogP contribution in [0.1, 0.15) is 27.3 Å². The van der Waals surface area contributed by atoms with Gasteiger partial charge in [0.1, 0.15) is 0 Å². The lowest BCUT2D eigenvalue weighted by molar-refractivity contribution is 0.0769. The molecule has 0 aliphatic rings. The van der Waals surface area contributed by atoms with Gasteiger partial charge in [-0.3, -0.25) is 4.79 Å². The number of benzene rings is 2.